The molecular weight excluding hydrogens is 290 g/mol. The lowest BCUT2D eigenvalue weighted by molar-refractivity contribution is 0.121. The zero-order valence-electron chi connectivity index (χ0n) is 9.04. The molecule has 0 N–H and O–H groups in total. The summed E-state index contributed by atoms with van der Waals surface area (Å²) in [5.74, 6) is 0. The lowest BCUT2D eigenvalue weighted by Crippen LogP contribution is -1.99. The number of rotatable bonds is 4. The van der Waals surface area contributed by atoms with Crippen LogP contribution in [0.15, 0.2) is 0 Å². The Morgan fingerprint density at radius 2 is 1.50 bits per heavy atom. The van der Waals surface area contributed by atoms with Gasteiger partial charge < -0.3 is 4.74 Å². The SMILES string of the molecule is CCCOCc1c(C)c(Cl)c(Cl)c(Cl)c1Cl. The first-order valence-corrected chi connectivity index (χ1v) is 6.41. The summed E-state index contributed by atoms with van der Waals surface area (Å²) in [6, 6.07) is 0. The van der Waals surface area contributed by atoms with E-state index in [9.17, 15) is 0 Å². The first-order valence-electron chi connectivity index (χ1n) is 4.89. The Labute approximate surface area is 116 Å². The molecule has 0 bridgehead atoms. The number of ether oxygens (including phenoxy) is 1. The van der Waals surface area contributed by atoms with Crippen LogP contribution in [0.25, 0.3) is 0 Å². The van der Waals surface area contributed by atoms with Crippen molar-refractivity contribution in [2.24, 2.45) is 0 Å². The van der Waals surface area contributed by atoms with Crippen LogP contribution in [0.3, 0.4) is 0 Å². The van der Waals surface area contributed by atoms with E-state index in [2.05, 4.69) is 0 Å². The van der Waals surface area contributed by atoms with Crippen molar-refractivity contribution >= 4 is 46.4 Å². The molecule has 0 unspecified atom stereocenters. The smallest absolute Gasteiger partial charge is 0.0797 e. The van der Waals surface area contributed by atoms with E-state index in [0.717, 1.165) is 17.5 Å². The van der Waals surface area contributed by atoms with Crippen molar-refractivity contribution in [1.82, 2.24) is 0 Å². The molecule has 1 aromatic carbocycles. The maximum Gasteiger partial charge on any atom is 0.0797 e. The van der Waals surface area contributed by atoms with E-state index in [4.69, 9.17) is 51.1 Å². The third-order valence-electron chi connectivity index (χ3n) is 2.22. The largest absolute Gasteiger partial charge is 0.377 e. The molecule has 0 aromatic heterocycles. The number of hydrogen-bond acceptors (Lipinski definition) is 1. The van der Waals surface area contributed by atoms with Crippen LogP contribution in [0.1, 0.15) is 24.5 Å². The van der Waals surface area contributed by atoms with Gasteiger partial charge >= 0.3 is 0 Å². The topological polar surface area (TPSA) is 9.23 Å². The molecule has 1 nitrogen and oxygen atoms in total. The van der Waals surface area contributed by atoms with Gasteiger partial charge in [0.1, 0.15) is 0 Å². The molecule has 1 aromatic rings. The van der Waals surface area contributed by atoms with Gasteiger partial charge in [-0.05, 0) is 18.9 Å². The van der Waals surface area contributed by atoms with E-state index in [0.29, 0.717) is 28.3 Å². The van der Waals surface area contributed by atoms with Gasteiger partial charge in [0.15, 0.2) is 0 Å². The van der Waals surface area contributed by atoms with Crippen LogP contribution < -0.4 is 0 Å². The molecule has 0 fully saturated rings. The first kappa shape index (κ1) is 14.4. The van der Waals surface area contributed by atoms with Gasteiger partial charge in [0, 0.05) is 12.2 Å². The zero-order valence-corrected chi connectivity index (χ0v) is 12.1. The summed E-state index contributed by atoms with van der Waals surface area (Å²) in [6.07, 6.45) is 0.950. The van der Waals surface area contributed by atoms with Gasteiger partial charge in [-0.25, -0.2) is 0 Å². The predicted octanol–water partition coefficient (Wildman–Crippen LogP) is 5.54. The predicted molar refractivity (Wildman–Crippen MR) is 71.2 cm³/mol. The molecule has 0 aliphatic rings. The normalized spacial score (nSPS) is 10.9. The third-order valence-corrected chi connectivity index (χ3v) is 4.16. The van der Waals surface area contributed by atoms with Crippen LogP contribution in [-0.2, 0) is 11.3 Å². The summed E-state index contributed by atoms with van der Waals surface area (Å²) in [5.41, 5.74) is 1.62. The van der Waals surface area contributed by atoms with Crippen molar-refractivity contribution in [2.45, 2.75) is 26.9 Å². The van der Waals surface area contributed by atoms with Gasteiger partial charge in [0.05, 0.1) is 26.7 Å². The summed E-state index contributed by atoms with van der Waals surface area (Å²) < 4.78 is 5.44. The van der Waals surface area contributed by atoms with Gasteiger partial charge in [0.2, 0.25) is 0 Å². The average Bonchev–Trinajstić information content (AvgIpc) is 2.28. The lowest BCUT2D eigenvalue weighted by Gasteiger charge is -2.13. The average molecular weight is 302 g/mol. The second kappa shape index (κ2) is 6.32. The number of halogens is 4. The second-order valence-electron chi connectivity index (χ2n) is 3.41. The van der Waals surface area contributed by atoms with Gasteiger partial charge in [-0.15, -0.1) is 0 Å². The summed E-state index contributed by atoms with van der Waals surface area (Å²) in [7, 11) is 0. The van der Waals surface area contributed by atoms with E-state index in [1.807, 2.05) is 13.8 Å². The van der Waals surface area contributed by atoms with E-state index < -0.39 is 0 Å². The minimum Gasteiger partial charge on any atom is -0.377 e. The molecule has 0 saturated carbocycles. The van der Waals surface area contributed by atoms with Crippen molar-refractivity contribution in [3.05, 3.63) is 31.2 Å². The van der Waals surface area contributed by atoms with E-state index in [-0.39, 0.29) is 5.02 Å². The van der Waals surface area contributed by atoms with Crippen LogP contribution in [-0.4, -0.2) is 6.61 Å². The molecule has 0 aliphatic heterocycles. The minimum absolute atomic E-state index is 0.286. The van der Waals surface area contributed by atoms with Crippen LogP contribution >= 0.6 is 46.4 Å². The molecule has 5 heteroatoms. The summed E-state index contributed by atoms with van der Waals surface area (Å²) in [4.78, 5) is 0. The Balaban J connectivity index is 3.08. The van der Waals surface area contributed by atoms with Gasteiger partial charge in [-0.2, -0.15) is 0 Å². The monoisotopic (exact) mass is 300 g/mol. The zero-order chi connectivity index (χ0) is 12.3. The Kier molecular flexibility index (Phi) is 5.69. The quantitative estimate of drug-likeness (QED) is 0.403. The molecule has 0 saturated heterocycles. The fraction of sp³-hybridized carbons (Fsp3) is 0.455. The Hall–Kier alpha value is 0.340. The molecule has 16 heavy (non-hydrogen) atoms. The Morgan fingerprint density at radius 3 is 2.06 bits per heavy atom. The Morgan fingerprint density at radius 1 is 0.938 bits per heavy atom. The molecule has 1 rings (SSSR count). The van der Waals surface area contributed by atoms with Crippen molar-refractivity contribution in [3.63, 3.8) is 0 Å². The first-order chi connectivity index (χ1) is 7.50. The van der Waals surface area contributed by atoms with Gasteiger partial charge in [-0.1, -0.05) is 53.3 Å². The van der Waals surface area contributed by atoms with Gasteiger partial charge in [-0.3, -0.25) is 0 Å². The fourth-order valence-electron chi connectivity index (χ4n) is 1.28. The highest BCUT2D eigenvalue weighted by Gasteiger charge is 2.17. The van der Waals surface area contributed by atoms with Crippen LogP contribution in [0.5, 0.6) is 0 Å². The third kappa shape index (κ3) is 2.96. The van der Waals surface area contributed by atoms with E-state index in [1.54, 1.807) is 0 Å². The van der Waals surface area contributed by atoms with Crippen molar-refractivity contribution in [2.75, 3.05) is 6.61 Å². The van der Waals surface area contributed by atoms with Crippen molar-refractivity contribution in [3.8, 4) is 0 Å². The summed E-state index contributed by atoms with van der Waals surface area (Å²) in [5, 5.41) is 1.44. The molecule has 0 radical (unpaired) electrons. The fourth-order valence-corrected chi connectivity index (χ4v) is 2.32. The molecule has 0 spiro atoms. The second-order valence-corrected chi connectivity index (χ2v) is 4.92. The maximum absolute atomic E-state index is 6.10. The molecule has 0 aliphatic carbocycles. The Bertz CT molecular complexity index is 361. The molecule has 0 amide bonds. The summed E-state index contributed by atoms with van der Waals surface area (Å²) >= 11 is 24.0. The number of hydrogen-bond donors (Lipinski definition) is 0. The molecule has 90 valence electrons. The highest BCUT2D eigenvalue weighted by molar-refractivity contribution is 6.52. The van der Waals surface area contributed by atoms with Gasteiger partial charge in [0.25, 0.3) is 0 Å². The van der Waals surface area contributed by atoms with E-state index in [1.165, 1.54) is 0 Å². The van der Waals surface area contributed by atoms with Crippen molar-refractivity contribution in [1.29, 1.82) is 0 Å². The standard InChI is InChI=1S/C11H12Cl4O/c1-3-4-16-5-7-6(2)8(12)10(14)11(15)9(7)13/h3-5H2,1-2H3. The highest BCUT2D eigenvalue weighted by atomic mass is 35.5. The van der Waals surface area contributed by atoms with Crippen molar-refractivity contribution < 1.29 is 4.74 Å². The van der Waals surface area contributed by atoms with Crippen LogP contribution in [0, 0.1) is 6.92 Å². The van der Waals surface area contributed by atoms with Crippen LogP contribution in [0.2, 0.25) is 20.1 Å². The summed E-state index contributed by atoms with van der Waals surface area (Å²) in [6.45, 7) is 4.96. The minimum atomic E-state index is 0.286. The molecule has 0 heterocycles. The van der Waals surface area contributed by atoms with E-state index >= 15 is 0 Å². The molecular formula is C11H12Cl4O. The maximum atomic E-state index is 6.10. The van der Waals surface area contributed by atoms with Crippen LogP contribution in [0.4, 0.5) is 0 Å². The molecule has 0 atom stereocenters. The number of benzene rings is 1. The lowest BCUT2D eigenvalue weighted by atomic mass is 10.1. The highest BCUT2D eigenvalue weighted by Crippen LogP contribution is 2.41.